The third-order valence-corrected chi connectivity index (χ3v) is 15.7. The fourth-order valence-electron chi connectivity index (χ4n) is 13.2. The van der Waals surface area contributed by atoms with Crippen LogP contribution in [0.5, 0.6) is 5.75 Å². The van der Waals surface area contributed by atoms with Crippen LogP contribution in [0.3, 0.4) is 0 Å². The highest BCUT2D eigenvalue weighted by molar-refractivity contribution is 5.89. The number of benzene rings is 1. The molecule has 0 aliphatic heterocycles. The molecule has 5 fully saturated rings. The van der Waals surface area contributed by atoms with Crippen molar-refractivity contribution >= 4 is 17.8 Å². The number of carboxylic acid groups (broad SMARTS) is 1. The largest absolute Gasteiger partial charge is 0.497 e. The van der Waals surface area contributed by atoms with E-state index in [4.69, 9.17) is 9.47 Å². The Morgan fingerprint density at radius 3 is 2.19 bits per heavy atom. The minimum absolute atomic E-state index is 0.0118. The van der Waals surface area contributed by atoms with Gasteiger partial charge in [0.1, 0.15) is 18.4 Å². The molecule has 0 aromatic heterocycles. The van der Waals surface area contributed by atoms with Crippen molar-refractivity contribution in [1.29, 1.82) is 0 Å². The van der Waals surface area contributed by atoms with E-state index >= 15 is 0 Å². The predicted molar refractivity (Wildman–Crippen MR) is 182 cm³/mol. The van der Waals surface area contributed by atoms with Crippen molar-refractivity contribution in [3.05, 3.63) is 29.8 Å². The molecule has 1 aromatic rings. The van der Waals surface area contributed by atoms with Crippen LogP contribution in [0.2, 0.25) is 0 Å². The molecule has 7 heteroatoms. The van der Waals surface area contributed by atoms with Crippen LogP contribution in [-0.2, 0) is 14.3 Å². The first-order valence-corrected chi connectivity index (χ1v) is 18.4. The smallest absolute Gasteiger partial charge is 0.338 e. The van der Waals surface area contributed by atoms with Crippen LogP contribution in [0.4, 0.5) is 0 Å². The molecule has 2 N–H and O–H groups in total. The van der Waals surface area contributed by atoms with E-state index in [-0.39, 0.29) is 46.2 Å². The van der Waals surface area contributed by atoms with E-state index in [0.717, 1.165) is 63.5 Å². The summed E-state index contributed by atoms with van der Waals surface area (Å²) in [5.41, 5.74) is 0.379. The molecule has 0 heterocycles. The number of hydrogen-bond donors (Lipinski definition) is 2. The second-order valence-corrected chi connectivity index (χ2v) is 17.9. The third-order valence-electron chi connectivity index (χ3n) is 15.7. The number of carboxylic acids is 1. The summed E-state index contributed by atoms with van der Waals surface area (Å²) in [4.78, 5) is 38.7. The lowest BCUT2D eigenvalue weighted by Gasteiger charge is -2.73. The minimum Gasteiger partial charge on any atom is -0.497 e. The number of carbonyl (C=O) groups is 3. The first kappa shape index (κ1) is 34.3. The highest BCUT2D eigenvalue weighted by Crippen LogP contribution is 2.77. The lowest BCUT2D eigenvalue weighted by atomic mass is 9.32. The number of esters is 1. The Hall–Kier alpha value is -2.57. The molecule has 0 unspecified atom stereocenters. The number of carbonyl (C=O) groups excluding carboxylic acids is 2. The zero-order valence-corrected chi connectivity index (χ0v) is 30.1. The van der Waals surface area contributed by atoms with Crippen LogP contribution in [0.1, 0.15) is 123 Å². The molecule has 1 amide bonds. The van der Waals surface area contributed by atoms with Gasteiger partial charge in [-0.05, 0) is 140 Å². The number of ether oxygens (including phenoxy) is 2. The van der Waals surface area contributed by atoms with Gasteiger partial charge in [0.2, 0.25) is 5.91 Å². The molecule has 47 heavy (non-hydrogen) atoms. The first-order chi connectivity index (χ1) is 22.0. The Morgan fingerprint density at radius 1 is 0.851 bits per heavy atom. The Morgan fingerprint density at radius 2 is 1.55 bits per heavy atom. The van der Waals surface area contributed by atoms with Crippen LogP contribution in [0.25, 0.3) is 0 Å². The molecule has 5 aliphatic rings. The number of fused-ring (bicyclic) bond motifs is 7. The number of rotatable bonds is 7. The van der Waals surface area contributed by atoms with Gasteiger partial charge in [0.15, 0.2) is 0 Å². The first-order valence-electron chi connectivity index (χ1n) is 18.4. The van der Waals surface area contributed by atoms with Crippen molar-refractivity contribution in [1.82, 2.24) is 5.32 Å². The van der Waals surface area contributed by atoms with Crippen LogP contribution >= 0.6 is 0 Å². The summed E-state index contributed by atoms with van der Waals surface area (Å²) >= 11 is 0. The summed E-state index contributed by atoms with van der Waals surface area (Å²) in [7, 11) is 1.62. The fourth-order valence-corrected chi connectivity index (χ4v) is 13.2. The van der Waals surface area contributed by atoms with Crippen molar-refractivity contribution < 1.29 is 29.0 Å². The molecule has 5 saturated carbocycles. The third kappa shape index (κ3) is 5.06. The van der Waals surface area contributed by atoms with E-state index in [0.29, 0.717) is 41.1 Å². The van der Waals surface area contributed by atoms with Crippen molar-refractivity contribution in [2.24, 2.45) is 62.6 Å². The average Bonchev–Trinajstić information content (AvgIpc) is 3.43. The highest BCUT2D eigenvalue weighted by atomic mass is 16.5. The van der Waals surface area contributed by atoms with E-state index < -0.39 is 11.4 Å². The molecule has 260 valence electrons. The summed E-state index contributed by atoms with van der Waals surface area (Å²) in [5.74, 6) is 2.23. The van der Waals surface area contributed by atoms with Crippen molar-refractivity contribution in [3.63, 3.8) is 0 Å². The van der Waals surface area contributed by atoms with Gasteiger partial charge in [-0.15, -0.1) is 0 Å². The van der Waals surface area contributed by atoms with Gasteiger partial charge in [-0.2, -0.15) is 0 Å². The Kier molecular flexibility index (Phi) is 8.60. The zero-order chi connectivity index (χ0) is 34.2. The Labute approximate surface area is 282 Å². The molecule has 5 aliphatic carbocycles. The summed E-state index contributed by atoms with van der Waals surface area (Å²) in [6.07, 6.45) is 10.2. The number of nitrogens with one attached hydrogen (secondary N) is 1. The van der Waals surface area contributed by atoms with Gasteiger partial charge in [0.05, 0.1) is 18.1 Å². The van der Waals surface area contributed by atoms with E-state index in [1.165, 1.54) is 6.42 Å². The van der Waals surface area contributed by atoms with Crippen molar-refractivity contribution in [2.75, 3.05) is 13.7 Å². The molecular formula is C40H59NO6. The Balaban J connectivity index is 1.26. The lowest BCUT2D eigenvalue weighted by molar-refractivity contribution is -0.247. The molecule has 10 atom stereocenters. The predicted octanol–water partition coefficient (Wildman–Crippen LogP) is 8.16. The van der Waals surface area contributed by atoms with Gasteiger partial charge >= 0.3 is 11.9 Å². The van der Waals surface area contributed by atoms with E-state index in [9.17, 15) is 19.5 Å². The summed E-state index contributed by atoms with van der Waals surface area (Å²) < 4.78 is 11.6. The Bertz CT molecular complexity index is 1390. The monoisotopic (exact) mass is 649 g/mol. The molecule has 0 bridgehead atoms. The fraction of sp³-hybridized carbons (Fsp3) is 0.775. The number of amides is 1. The minimum atomic E-state index is -0.975. The van der Waals surface area contributed by atoms with Crippen LogP contribution < -0.4 is 10.1 Å². The average molecular weight is 650 g/mol. The standard InChI is InChI=1S/C40H59NO6/c1-24(2)27-15-20-40(35(45)41-23-32(42)43)22-21-38(6)28(33(27)40)13-14-30-37(5)18-17-31(36(3,4)29(37)16-19-39(30,38)7)47-34(44)25-9-11-26(46-8)12-10-25/h9-12,24,27-31,33H,13-23H2,1-8H3,(H,41,45)(H,42,43)/t27-,28+,29-,30+,31+,33+,37-,38+,39+,40-/m0/s1. The molecule has 0 saturated heterocycles. The number of methoxy groups -OCH3 is 1. The van der Waals surface area contributed by atoms with E-state index in [1.54, 1.807) is 19.2 Å². The maximum Gasteiger partial charge on any atom is 0.338 e. The van der Waals surface area contributed by atoms with Crippen LogP contribution in [-0.4, -0.2) is 42.7 Å². The summed E-state index contributed by atoms with van der Waals surface area (Å²) in [6.45, 7) is 16.8. The number of aliphatic carboxylic acids is 1. The van der Waals surface area contributed by atoms with Gasteiger partial charge < -0.3 is 19.9 Å². The molecule has 0 spiro atoms. The second kappa shape index (κ2) is 11.8. The highest BCUT2D eigenvalue weighted by Gasteiger charge is 2.72. The molecule has 1 aromatic carbocycles. The quantitative estimate of drug-likeness (QED) is 0.289. The van der Waals surface area contributed by atoms with Crippen LogP contribution in [0.15, 0.2) is 24.3 Å². The SMILES string of the molecule is COc1ccc(C(=O)O[C@@H]2CC[C@]3(C)[C@H]4CC[C@@H]5[C@H]6[C@H](C(C)C)CC[C@]6(C(=O)NCC(=O)O)CC[C@@]5(C)[C@]4(C)CC[C@H]3C2(C)C)cc1. The number of hydrogen-bond acceptors (Lipinski definition) is 5. The normalized spacial score (nSPS) is 41.9. The van der Waals surface area contributed by atoms with Gasteiger partial charge in [0, 0.05) is 5.41 Å². The molecule has 6 rings (SSSR count). The van der Waals surface area contributed by atoms with Gasteiger partial charge in [-0.3, -0.25) is 9.59 Å². The van der Waals surface area contributed by atoms with E-state index in [2.05, 4.69) is 53.8 Å². The van der Waals surface area contributed by atoms with Gasteiger partial charge in [-0.1, -0.05) is 48.5 Å². The van der Waals surface area contributed by atoms with Gasteiger partial charge in [-0.25, -0.2) is 4.79 Å². The molecular weight excluding hydrogens is 590 g/mol. The lowest BCUT2D eigenvalue weighted by Crippen LogP contribution is -2.67. The maximum absolute atomic E-state index is 13.9. The van der Waals surface area contributed by atoms with E-state index in [1.807, 2.05) is 12.1 Å². The second-order valence-electron chi connectivity index (χ2n) is 17.9. The van der Waals surface area contributed by atoms with Crippen LogP contribution in [0, 0.1) is 62.6 Å². The molecule has 7 nitrogen and oxygen atoms in total. The topological polar surface area (TPSA) is 102 Å². The molecule has 0 radical (unpaired) electrons. The summed E-state index contributed by atoms with van der Waals surface area (Å²) in [6, 6.07) is 7.20. The van der Waals surface area contributed by atoms with Crippen molar-refractivity contribution in [3.8, 4) is 5.75 Å². The maximum atomic E-state index is 13.9. The zero-order valence-electron chi connectivity index (χ0n) is 30.1. The van der Waals surface area contributed by atoms with Crippen molar-refractivity contribution in [2.45, 2.75) is 119 Å². The van der Waals surface area contributed by atoms with Gasteiger partial charge in [0.25, 0.3) is 0 Å². The summed E-state index contributed by atoms with van der Waals surface area (Å²) in [5, 5.41) is 12.2.